The normalized spacial score (nSPS) is 21.9. The Hall–Kier alpha value is -0.120. The van der Waals surface area contributed by atoms with E-state index in [1.54, 1.807) is 0 Å². The summed E-state index contributed by atoms with van der Waals surface area (Å²) < 4.78 is 5.66. The van der Waals surface area contributed by atoms with Crippen LogP contribution in [0.4, 0.5) is 0 Å². The summed E-state index contributed by atoms with van der Waals surface area (Å²) in [6.07, 6.45) is 12.7. The molecule has 0 aromatic carbocycles. The lowest BCUT2D eigenvalue weighted by molar-refractivity contribution is 0.0729. The highest BCUT2D eigenvalue weighted by molar-refractivity contribution is 4.81. The van der Waals surface area contributed by atoms with Gasteiger partial charge >= 0.3 is 0 Å². The van der Waals surface area contributed by atoms with Gasteiger partial charge in [0.15, 0.2) is 0 Å². The van der Waals surface area contributed by atoms with Gasteiger partial charge in [0.05, 0.1) is 6.10 Å². The van der Waals surface area contributed by atoms with Crippen LogP contribution in [0.1, 0.15) is 85.5 Å². The Morgan fingerprint density at radius 2 is 1.46 bits per heavy atom. The van der Waals surface area contributed by atoms with E-state index in [2.05, 4.69) is 37.5 Å². The molecule has 3 heteroatoms. The molecule has 0 unspecified atom stereocenters. The minimum Gasteiger partial charge on any atom is -0.379 e. The zero-order chi connectivity index (χ0) is 18.8. The Bertz CT molecular complexity index is 340. The molecule has 3 nitrogen and oxygen atoms in total. The molecule has 2 heterocycles. The highest BCUT2D eigenvalue weighted by Crippen LogP contribution is 2.26. The third-order valence-corrected chi connectivity index (χ3v) is 6.79. The number of likely N-dealkylation sites (tertiary alicyclic amines) is 2. The van der Waals surface area contributed by atoms with Gasteiger partial charge in [0.2, 0.25) is 0 Å². The Labute approximate surface area is 163 Å². The topological polar surface area (TPSA) is 15.7 Å². The molecule has 2 aliphatic heterocycles. The first-order valence-electron chi connectivity index (χ1n) is 11.7. The molecule has 0 saturated carbocycles. The zero-order valence-corrected chi connectivity index (χ0v) is 18.2. The third kappa shape index (κ3) is 7.86. The monoisotopic (exact) mass is 366 g/mol. The summed E-state index contributed by atoms with van der Waals surface area (Å²) in [5.74, 6) is 1.92. The first-order chi connectivity index (χ1) is 12.6. The Morgan fingerprint density at radius 3 is 2.04 bits per heavy atom. The van der Waals surface area contributed by atoms with E-state index in [4.69, 9.17) is 4.74 Å². The van der Waals surface area contributed by atoms with Gasteiger partial charge in [-0.15, -0.1) is 0 Å². The summed E-state index contributed by atoms with van der Waals surface area (Å²) in [7, 11) is 0. The highest BCUT2D eigenvalue weighted by Gasteiger charge is 2.26. The summed E-state index contributed by atoms with van der Waals surface area (Å²) in [5.41, 5.74) is 0. The van der Waals surface area contributed by atoms with Gasteiger partial charge in [-0.3, -0.25) is 0 Å². The Balaban J connectivity index is 1.54. The average molecular weight is 367 g/mol. The number of hydrogen-bond donors (Lipinski definition) is 0. The standard InChI is InChI=1S/C23H46N2O/c1-5-23(6-2)25-16-12-22(13-17-25)19-24-14-10-21(11-15-24)9-7-8-18-26-20(3)4/h20-23H,5-19H2,1-4H3. The van der Waals surface area contributed by atoms with Crippen molar-refractivity contribution in [1.29, 1.82) is 0 Å². The third-order valence-electron chi connectivity index (χ3n) is 6.79. The largest absolute Gasteiger partial charge is 0.379 e. The summed E-state index contributed by atoms with van der Waals surface area (Å²) in [5, 5.41) is 0. The van der Waals surface area contributed by atoms with Crippen molar-refractivity contribution in [2.45, 2.75) is 97.6 Å². The highest BCUT2D eigenvalue weighted by atomic mass is 16.5. The fraction of sp³-hybridized carbons (Fsp3) is 1.00. The number of piperidine rings is 2. The second kappa shape index (κ2) is 12.4. The molecule has 26 heavy (non-hydrogen) atoms. The van der Waals surface area contributed by atoms with Crippen molar-refractivity contribution in [3.63, 3.8) is 0 Å². The molecule has 0 aromatic rings. The molecule has 154 valence electrons. The van der Waals surface area contributed by atoms with Crippen molar-refractivity contribution in [2.75, 3.05) is 39.3 Å². The van der Waals surface area contributed by atoms with Crippen LogP contribution >= 0.6 is 0 Å². The second-order valence-electron chi connectivity index (χ2n) is 9.11. The average Bonchev–Trinajstić information content (AvgIpc) is 2.65. The van der Waals surface area contributed by atoms with E-state index in [1.165, 1.54) is 90.5 Å². The van der Waals surface area contributed by atoms with E-state index in [0.717, 1.165) is 24.5 Å². The maximum Gasteiger partial charge on any atom is 0.0518 e. The van der Waals surface area contributed by atoms with E-state index in [0.29, 0.717) is 6.10 Å². The molecule has 0 bridgehead atoms. The van der Waals surface area contributed by atoms with Crippen LogP contribution in [0.25, 0.3) is 0 Å². The summed E-state index contributed by atoms with van der Waals surface area (Å²) >= 11 is 0. The van der Waals surface area contributed by atoms with Crippen LogP contribution in [0.15, 0.2) is 0 Å². The van der Waals surface area contributed by atoms with Gasteiger partial charge in [0.1, 0.15) is 0 Å². The van der Waals surface area contributed by atoms with Gasteiger partial charge in [0.25, 0.3) is 0 Å². The van der Waals surface area contributed by atoms with Crippen LogP contribution in [-0.4, -0.2) is 61.3 Å². The van der Waals surface area contributed by atoms with Crippen LogP contribution in [0.5, 0.6) is 0 Å². The van der Waals surface area contributed by atoms with Gasteiger partial charge in [-0.05, 0) is 96.8 Å². The van der Waals surface area contributed by atoms with Gasteiger partial charge in [-0.2, -0.15) is 0 Å². The molecule has 0 spiro atoms. The van der Waals surface area contributed by atoms with E-state index < -0.39 is 0 Å². The van der Waals surface area contributed by atoms with Crippen molar-refractivity contribution in [2.24, 2.45) is 11.8 Å². The first-order valence-corrected chi connectivity index (χ1v) is 11.7. The van der Waals surface area contributed by atoms with Crippen molar-refractivity contribution in [1.82, 2.24) is 9.80 Å². The maximum absolute atomic E-state index is 5.66. The van der Waals surface area contributed by atoms with Crippen LogP contribution < -0.4 is 0 Å². The number of rotatable bonds is 11. The number of nitrogens with zero attached hydrogens (tertiary/aromatic N) is 2. The zero-order valence-electron chi connectivity index (χ0n) is 18.2. The SMILES string of the molecule is CCC(CC)N1CCC(CN2CCC(CCCCOC(C)C)CC2)CC1. The van der Waals surface area contributed by atoms with E-state index in [9.17, 15) is 0 Å². The van der Waals surface area contributed by atoms with Crippen molar-refractivity contribution < 1.29 is 4.74 Å². The summed E-state index contributed by atoms with van der Waals surface area (Å²) in [4.78, 5) is 5.53. The molecule has 0 aromatic heterocycles. The molecule has 2 aliphatic rings. The van der Waals surface area contributed by atoms with E-state index in [1.807, 2.05) is 0 Å². The fourth-order valence-corrected chi connectivity index (χ4v) is 4.98. The van der Waals surface area contributed by atoms with Crippen molar-refractivity contribution in [3.05, 3.63) is 0 Å². The summed E-state index contributed by atoms with van der Waals surface area (Å²) in [6.45, 7) is 16.6. The van der Waals surface area contributed by atoms with Gasteiger partial charge < -0.3 is 14.5 Å². The minimum atomic E-state index is 0.389. The van der Waals surface area contributed by atoms with Gasteiger partial charge in [-0.1, -0.05) is 26.7 Å². The first kappa shape index (κ1) is 22.2. The molecule has 0 N–H and O–H groups in total. The Kier molecular flexibility index (Phi) is 10.5. The fourth-order valence-electron chi connectivity index (χ4n) is 4.98. The molecule has 0 aliphatic carbocycles. The predicted molar refractivity (Wildman–Crippen MR) is 113 cm³/mol. The number of unbranched alkanes of at least 4 members (excludes halogenated alkanes) is 1. The molecule has 0 radical (unpaired) electrons. The maximum atomic E-state index is 5.66. The quantitative estimate of drug-likeness (QED) is 0.468. The lowest BCUT2D eigenvalue weighted by Crippen LogP contribution is -2.44. The molecule has 2 rings (SSSR count). The molecular formula is C23H46N2O. The summed E-state index contributed by atoms with van der Waals surface area (Å²) in [6, 6.07) is 0.831. The predicted octanol–water partition coefficient (Wildman–Crippen LogP) is 5.19. The second-order valence-corrected chi connectivity index (χ2v) is 9.11. The molecule has 2 fully saturated rings. The van der Waals surface area contributed by atoms with Crippen LogP contribution in [0.2, 0.25) is 0 Å². The van der Waals surface area contributed by atoms with Crippen LogP contribution in [0.3, 0.4) is 0 Å². The molecule has 0 atom stereocenters. The number of hydrogen-bond acceptors (Lipinski definition) is 3. The van der Waals surface area contributed by atoms with Gasteiger partial charge in [-0.25, -0.2) is 0 Å². The lowest BCUT2D eigenvalue weighted by Gasteiger charge is -2.40. The van der Waals surface area contributed by atoms with Crippen molar-refractivity contribution >= 4 is 0 Å². The van der Waals surface area contributed by atoms with E-state index in [-0.39, 0.29) is 0 Å². The van der Waals surface area contributed by atoms with Crippen LogP contribution in [0, 0.1) is 11.8 Å². The molecule has 0 amide bonds. The van der Waals surface area contributed by atoms with E-state index >= 15 is 0 Å². The smallest absolute Gasteiger partial charge is 0.0518 e. The van der Waals surface area contributed by atoms with Gasteiger partial charge in [0, 0.05) is 19.2 Å². The number of ether oxygens (including phenoxy) is 1. The molecule has 2 saturated heterocycles. The minimum absolute atomic E-state index is 0.389. The Morgan fingerprint density at radius 1 is 0.846 bits per heavy atom. The van der Waals surface area contributed by atoms with Crippen molar-refractivity contribution in [3.8, 4) is 0 Å². The lowest BCUT2D eigenvalue weighted by atomic mass is 9.89. The van der Waals surface area contributed by atoms with Crippen LogP contribution in [-0.2, 0) is 4.74 Å². The molecular weight excluding hydrogens is 320 g/mol.